The van der Waals surface area contributed by atoms with Crippen LogP contribution in [0.2, 0.25) is 5.02 Å². The van der Waals surface area contributed by atoms with Gasteiger partial charge in [0.05, 0.1) is 5.92 Å². The quantitative estimate of drug-likeness (QED) is 0.619. The van der Waals surface area contributed by atoms with Gasteiger partial charge in [0.1, 0.15) is 12.4 Å². The number of hydrogen-bond acceptors (Lipinski definition) is 4. The van der Waals surface area contributed by atoms with Gasteiger partial charge in [0.15, 0.2) is 6.61 Å². The molecule has 5 nitrogen and oxygen atoms in total. The zero-order valence-electron chi connectivity index (χ0n) is 14.5. The van der Waals surface area contributed by atoms with Gasteiger partial charge in [-0.1, -0.05) is 11.6 Å². The number of carbonyl (C=O) groups is 2. The highest BCUT2D eigenvalue weighted by Crippen LogP contribution is 2.30. The second-order valence-corrected chi connectivity index (χ2v) is 6.78. The molecule has 0 radical (unpaired) electrons. The molecule has 1 aromatic heterocycles. The Morgan fingerprint density at radius 1 is 1.32 bits per heavy atom. The first-order valence-corrected chi connectivity index (χ1v) is 8.48. The minimum atomic E-state index is -0.433. The number of aryl methyl sites for hydroxylation is 1. The summed E-state index contributed by atoms with van der Waals surface area (Å²) in [6.07, 6.45) is 0.492. The third-order valence-electron chi connectivity index (χ3n) is 4.68. The number of aromatic nitrogens is 1. The van der Waals surface area contributed by atoms with E-state index in [1.165, 1.54) is 0 Å². The Labute approximate surface area is 151 Å². The van der Waals surface area contributed by atoms with Gasteiger partial charge in [-0.05, 0) is 50.1 Å². The lowest BCUT2D eigenvalue weighted by Gasteiger charge is -2.24. The highest BCUT2D eigenvalue weighted by Gasteiger charge is 2.28. The molecule has 2 aromatic rings. The van der Waals surface area contributed by atoms with Crippen LogP contribution in [0.1, 0.15) is 27.3 Å². The number of Topliss-reactive ketones (excluding diaryl/α,β-unsaturated/α-hetero) is 1. The van der Waals surface area contributed by atoms with Crippen LogP contribution in [0.3, 0.4) is 0 Å². The van der Waals surface area contributed by atoms with Crippen LogP contribution in [0, 0.1) is 19.8 Å². The molecule has 0 spiro atoms. The van der Waals surface area contributed by atoms with Crippen molar-refractivity contribution in [2.45, 2.75) is 20.3 Å². The number of hydrogen-bond donors (Lipinski definition) is 0. The van der Waals surface area contributed by atoms with Gasteiger partial charge in [-0.25, -0.2) is 0 Å². The number of rotatable bonds is 4. The summed E-state index contributed by atoms with van der Waals surface area (Å²) in [5.41, 5.74) is 3.32. The maximum absolute atomic E-state index is 12.3. The second kappa shape index (κ2) is 6.92. The molecule has 6 heteroatoms. The van der Waals surface area contributed by atoms with Gasteiger partial charge >= 0.3 is 5.97 Å². The third kappa shape index (κ3) is 3.56. The number of carbonyl (C=O) groups excluding carboxylic acids is 2. The second-order valence-electron chi connectivity index (χ2n) is 6.34. The molecular formula is C19H20ClNO4. The zero-order chi connectivity index (χ0) is 18.1. The number of fused-ring (bicyclic) bond motifs is 1. The standard InChI is InChI=1S/C19H20ClNO4/c1-11-6-16(12(2)21(11)3)17(22)10-25-19(23)14-7-13-8-15(20)4-5-18(13)24-9-14/h4-6,8,14H,7,9-10H2,1-3H3/t14-/m1/s1. The minimum Gasteiger partial charge on any atom is -0.492 e. The molecule has 132 valence electrons. The van der Waals surface area contributed by atoms with E-state index in [-0.39, 0.29) is 19.0 Å². The molecule has 0 bridgehead atoms. The molecule has 1 atom stereocenters. The molecule has 2 heterocycles. The van der Waals surface area contributed by atoms with E-state index >= 15 is 0 Å². The van der Waals surface area contributed by atoms with Crippen molar-refractivity contribution in [1.29, 1.82) is 0 Å². The smallest absolute Gasteiger partial charge is 0.313 e. The van der Waals surface area contributed by atoms with E-state index in [0.29, 0.717) is 17.0 Å². The Kier molecular flexibility index (Phi) is 4.86. The van der Waals surface area contributed by atoms with Gasteiger partial charge in [-0.2, -0.15) is 0 Å². The van der Waals surface area contributed by atoms with Gasteiger partial charge in [0.2, 0.25) is 5.78 Å². The Hall–Kier alpha value is -2.27. The van der Waals surface area contributed by atoms with Crippen LogP contribution in [0.25, 0.3) is 0 Å². The van der Waals surface area contributed by atoms with Crippen molar-refractivity contribution in [3.05, 3.63) is 51.8 Å². The van der Waals surface area contributed by atoms with Crippen molar-refractivity contribution >= 4 is 23.4 Å². The van der Waals surface area contributed by atoms with Crippen molar-refractivity contribution in [2.24, 2.45) is 13.0 Å². The number of nitrogens with zero attached hydrogens (tertiary/aromatic N) is 1. The molecule has 0 unspecified atom stereocenters. The number of esters is 1. The lowest BCUT2D eigenvalue weighted by atomic mass is 9.97. The summed E-state index contributed by atoms with van der Waals surface area (Å²) in [5.74, 6) is -0.323. The van der Waals surface area contributed by atoms with E-state index in [9.17, 15) is 9.59 Å². The number of benzene rings is 1. The molecule has 0 saturated carbocycles. The fraction of sp³-hybridized carbons (Fsp3) is 0.368. The molecule has 0 N–H and O–H groups in total. The normalized spacial score (nSPS) is 16.1. The number of halogens is 1. The molecule has 25 heavy (non-hydrogen) atoms. The summed E-state index contributed by atoms with van der Waals surface area (Å²) in [5, 5.41) is 0.599. The van der Waals surface area contributed by atoms with Gasteiger partial charge in [0.25, 0.3) is 0 Å². The first-order valence-electron chi connectivity index (χ1n) is 8.10. The van der Waals surface area contributed by atoms with Crippen molar-refractivity contribution in [1.82, 2.24) is 4.57 Å². The van der Waals surface area contributed by atoms with E-state index in [4.69, 9.17) is 21.1 Å². The van der Waals surface area contributed by atoms with E-state index < -0.39 is 11.9 Å². The monoisotopic (exact) mass is 361 g/mol. The summed E-state index contributed by atoms with van der Waals surface area (Å²) in [7, 11) is 1.90. The molecule has 0 saturated heterocycles. The number of ether oxygens (including phenoxy) is 2. The number of ketones is 1. The zero-order valence-corrected chi connectivity index (χ0v) is 15.2. The van der Waals surface area contributed by atoms with Crippen LogP contribution in [0.5, 0.6) is 5.75 Å². The summed E-state index contributed by atoms with van der Waals surface area (Å²) >= 11 is 5.99. The Morgan fingerprint density at radius 2 is 2.08 bits per heavy atom. The Morgan fingerprint density at radius 3 is 2.76 bits per heavy atom. The average molecular weight is 362 g/mol. The summed E-state index contributed by atoms with van der Waals surface area (Å²) in [4.78, 5) is 24.6. The predicted octanol–water partition coefficient (Wildman–Crippen LogP) is 3.27. The lowest BCUT2D eigenvalue weighted by Crippen LogP contribution is -2.31. The topological polar surface area (TPSA) is 57.5 Å². The van der Waals surface area contributed by atoms with E-state index in [0.717, 1.165) is 22.7 Å². The molecule has 1 aliphatic heterocycles. The summed E-state index contributed by atoms with van der Waals surface area (Å²) in [6, 6.07) is 7.15. The predicted molar refractivity (Wildman–Crippen MR) is 94.3 cm³/mol. The molecule has 0 aliphatic carbocycles. The minimum absolute atomic E-state index is 0.199. The molecule has 1 aliphatic rings. The van der Waals surface area contributed by atoms with Crippen LogP contribution in [-0.4, -0.2) is 29.5 Å². The fourth-order valence-corrected chi connectivity index (χ4v) is 3.18. The van der Waals surface area contributed by atoms with Crippen molar-refractivity contribution in [3.63, 3.8) is 0 Å². The van der Waals surface area contributed by atoms with Gasteiger partial charge < -0.3 is 14.0 Å². The van der Waals surface area contributed by atoms with Gasteiger partial charge in [-0.15, -0.1) is 0 Å². The average Bonchev–Trinajstić information content (AvgIpc) is 2.86. The van der Waals surface area contributed by atoms with Crippen LogP contribution in [0.4, 0.5) is 0 Å². The molecule has 1 aromatic carbocycles. The van der Waals surface area contributed by atoms with Crippen LogP contribution in [-0.2, 0) is 23.0 Å². The SMILES string of the molecule is Cc1cc(C(=O)COC(=O)[C@H]2COc3ccc(Cl)cc3C2)c(C)n1C. The first kappa shape index (κ1) is 17.5. The van der Waals surface area contributed by atoms with Crippen LogP contribution >= 0.6 is 11.6 Å². The summed E-state index contributed by atoms with van der Waals surface area (Å²) in [6.45, 7) is 3.78. The largest absolute Gasteiger partial charge is 0.492 e. The Bertz CT molecular complexity index is 840. The maximum atomic E-state index is 12.3. The highest BCUT2D eigenvalue weighted by molar-refractivity contribution is 6.30. The molecule has 0 fully saturated rings. The molecular weight excluding hydrogens is 342 g/mol. The fourth-order valence-electron chi connectivity index (χ4n) is 2.98. The van der Waals surface area contributed by atoms with E-state index in [2.05, 4.69) is 0 Å². The summed E-state index contributed by atoms with van der Waals surface area (Å²) < 4.78 is 12.8. The van der Waals surface area contributed by atoms with Crippen LogP contribution in [0.15, 0.2) is 24.3 Å². The van der Waals surface area contributed by atoms with Crippen molar-refractivity contribution in [2.75, 3.05) is 13.2 Å². The van der Waals surface area contributed by atoms with E-state index in [1.54, 1.807) is 18.2 Å². The maximum Gasteiger partial charge on any atom is 0.313 e. The first-order chi connectivity index (χ1) is 11.9. The molecule has 0 amide bonds. The van der Waals surface area contributed by atoms with Crippen molar-refractivity contribution < 1.29 is 19.1 Å². The highest BCUT2D eigenvalue weighted by atomic mass is 35.5. The van der Waals surface area contributed by atoms with Crippen molar-refractivity contribution in [3.8, 4) is 5.75 Å². The molecule has 3 rings (SSSR count). The van der Waals surface area contributed by atoms with Crippen LogP contribution < -0.4 is 4.74 Å². The lowest BCUT2D eigenvalue weighted by molar-refractivity contribution is -0.148. The van der Waals surface area contributed by atoms with Gasteiger partial charge in [0, 0.05) is 29.0 Å². The third-order valence-corrected chi connectivity index (χ3v) is 4.92. The van der Waals surface area contributed by atoms with Gasteiger partial charge in [-0.3, -0.25) is 9.59 Å². The van der Waals surface area contributed by atoms with E-state index in [1.807, 2.05) is 31.5 Å². The Balaban J connectivity index is 1.61.